The third kappa shape index (κ3) is 3.63. The average Bonchev–Trinajstić information content (AvgIpc) is 2.45. The third-order valence-electron chi connectivity index (χ3n) is 3.20. The molecule has 2 aromatic carbocycles. The van der Waals surface area contributed by atoms with Crippen molar-refractivity contribution in [1.29, 1.82) is 0 Å². The van der Waals surface area contributed by atoms with E-state index >= 15 is 0 Å². The second-order valence-electron chi connectivity index (χ2n) is 4.50. The molecule has 0 heterocycles. The lowest BCUT2D eigenvalue weighted by Crippen LogP contribution is -1.93. The van der Waals surface area contributed by atoms with Gasteiger partial charge in [0.05, 0.1) is 7.11 Å². The minimum absolute atomic E-state index is 1.01. The first-order chi connectivity index (χ1) is 8.90. The zero-order valence-corrected chi connectivity index (χ0v) is 10.9. The van der Waals surface area contributed by atoms with Crippen LogP contribution >= 0.6 is 0 Å². The number of rotatable bonds is 6. The first-order valence-corrected chi connectivity index (χ1v) is 6.56. The van der Waals surface area contributed by atoms with Crippen LogP contribution in [0.25, 0.3) is 0 Å². The van der Waals surface area contributed by atoms with E-state index < -0.39 is 0 Å². The fourth-order valence-electron chi connectivity index (χ4n) is 2.20. The lowest BCUT2D eigenvalue weighted by Gasteiger charge is -2.07. The fraction of sp³-hybridized carbons (Fsp3) is 0.294. The summed E-state index contributed by atoms with van der Waals surface area (Å²) in [6.07, 6.45) is 4.68. The summed E-state index contributed by atoms with van der Waals surface area (Å²) in [5.41, 5.74) is 2.74. The van der Waals surface area contributed by atoms with Crippen LogP contribution in [0.2, 0.25) is 0 Å². The molecule has 0 unspecified atom stereocenters. The lowest BCUT2D eigenvalue weighted by molar-refractivity contribution is 0.409. The smallest absolute Gasteiger partial charge is 0.122 e. The van der Waals surface area contributed by atoms with Crippen molar-refractivity contribution in [3.63, 3.8) is 0 Å². The van der Waals surface area contributed by atoms with Gasteiger partial charge in [-0.15, -0.1) is 0 Å². The summed E-state index contributed by atoms with van der Waals surface area (Å²) in [5, 5.41) is 0. The summed E-state index contributed by atoms with van der Waals surface area (Å²) >= 11 is 0. The highest BCUT2D eigenvalue weighted by molar-refractivity contribution is 5.33. The number of benzene rings is 2. The van der Waals surface area contributed by atoms with Crippen LogP contribution in [0.4, 0.5) is 0 Å². The van der Waals surface area contributed by atoms with Crippen molar-refractivity contribution in [3.8, 4) is 5.75 Å². The Morgan fingerprint density at radius 3 is 2.22 bits per heavy atom. The van der Waals surface area contributed by atoms with E-state index in [2.05, 4.69) is 42.5 Å². The molecule has 0 atom stereocenters. The molecule has 0 aromatic heterocycles. The molecule has 0 radical (unpaired) electrons. The summed E-state index contributed by atoms with van der Waals surface area (Å²) in [7, 11) is 1.74. The summed E-state index contributed by atoms with van der Waals surface area (Å²) in [6, 6.07) is 19.0. The van der Waals surface area contributed by atoms with Gasteiger partial charge >= 0.3 is 0 Å². The van der Waals surface area contributed by atoms with Crippen LogP contribution in [0.3, 0.4) is 0 Å². The van der Waals surface area contributed by atoms with E-state index in [4.69, 9.17) is 4.74 Å². The van der Waals surface area contributed by atoms with Crippen molar-refractivity contribution in [2.24, 2.45) is 0 Å². The number of methoxy groups -OCH3 is 1. The van der Waals surface area contributed by atoms with E-state index in [1.54, 1.807) is 7.11 Å². The number of unbranched alkanes of at least 4 members (excludes halogenated alkanes) is 1. The Balaban J connectivity index is 1.78. The van der Waals surface area contributed by atoms with Crippen molar-refractivity contribution >= 4 is 0 Å². The molecule has 94 valence electrons. The second-order valence-corrected chi connectivity index (χ2v) is 4.50. The Morgan fingerprint density at radius 2 is 1.44 bits per heavy atom. The maximum atomic E-state index is 5.36. The van der Waals surface area contributed by atoms with Crippen LogP contribution in [0, 0.1) is 0 Å². The molecule has 2 rings (SSSR count). The van der Waals surface area contributed by atoms with Crippen LogP contribution in [-0.4, -0.2) is 7.11 Å². The van der Waals surface area contributed by atoms with Gasteiger partial charge in [-0.1, -0.05) is 48.5 Å². The number of ether oxygens (including phenoxy) is 1. The highest BCUT2D eigenvalue weighted by Gasteiger charge is 2.01. The zero-order chi connectivity index (χ0) is 12.6. The van der Waals surface area contributed by atoms with E-state index in [1.165, 1.54) is 24.0 Å². The predicted octanol–water partition coefficient (Wildman–Crippen LogP) is 4.26. The molecule has 1 nitrogen and oxygen atoms in total. The lowest BCUT2D eigenvalue weighted by atomic mass is 10.0. The Hall–Kier alpha value is -1.76. The maximum Gasteiger partial charge on any atom is 0.122 e. The minimum Gasteiger partial charge on any atom is -0.496 e. The number of hydrogen-bond donors (Lipinski definition) is 0. The molecule has 18 heavy (non-hydrogen) atoms. The Morgan fingerprint density at radius 1 is 0.778 bits per heavy atom. The van der Waals surface area contributed by atoms with Crippen LogP contribution in [0.1, 0.15) is 24.0 Å². The molecule has 2 aromatic rings. The molecule has 0 saturated carbocycles. The van der Waals surface area contributed by atoms with Gasteiger partial charge in [0.1, 0.15) is 5.75 Å². The summed E-state index contributed by atoms with van der Waals surface area (Å²) in [6.45, 7) is 0. The van der Waals surface area contributed by atoms with Gasteiger partial charge in [0.2, 0.25) is 0 Å². The van der Waals surface area contributed by atoms with Gasteiger partial charge in [0, 0.05) is 0 Å². The summed E-state index contributed by atoms with van der Waals surface area (Å²) in [4.78, 5) is 0. The third-order valence-corrected chi connectivity index (χ3v) is 3.20. The van der Waals surface area contributed by atoms with Gasteiger partial charge < -0.3 is 4.74 Å². The summed E-state index contributed by atoms with van der Waals surface area (Å²) < 4.78 is 5.36. The number of hydrogen-bond acceptors (Lipinski definition) is 1. The molecule has 0 aliphatic rings. The molecule has 0 fully saturated rings. The van der Waals surface area contributed by atoms with E-state index in [1.807, 2.05) is 12.1 Å². The molecule has 0 N–H and O–H groups in total. The number of para-hydroxylation sites is 1. The molecule has 0 aliphatic heterocycles. The molecule has 0 aliphatic carbocycles. The molecule has 1 heteroatoms. The first kappa shape index (κ1) is 12.7. The van der Waals surface area contributed by atoms with Crippen molar-refractivity contribution in [2.45, 2.75) is 25.7 Å². The highest BCUT2D eigenvalue weighted by Crippen LogP contribution is 2.19. The minimum atomic E-state index is 1.01. The fourth-order valence-corrected chi connectivity index (χ4v) is 2.20. The van der Waals surface area contributed by atoms with Crippen LogP contribution < -0.4 is 4.74 Å². The van der Waals surface area contributed by atoms with Gasteiger partial charge in [-0.05, 0) is 42.9 Å². The molecule has 0 saturated heterocycles. The SMILES string of the molecule is COc1ccccc1CCCCc1ccccc1. The topological polar surface area (TPSA) is 9.23 Å². The van der Waals surface area contributed by atoms with E-state index in [0.717, 1.165) is 18.6 Å². The standard InChI is InChI=1S/C17H20O/c1-18-17-14-8-7-13-16(17)12-6-5-11-15-9-3-2-4-10-15/h2-4,7-10,13-14H,5-6,11-12H2,1H3. The largest absolute Gasteiger partial charge is 0.496 e. The number of aryl methyl sites for hydroxylation is 2. The van der Waals surface area contributed by atoms with Gasteiger partial charge in [-0.2, -0.15) is 0 Å². The molecule has 0 spiro atoms. The highest BCUT2D eigenvalue weighted by atomic mass is 16.5. The molecule has 0 amide bonds. The molecule has 0 bridgehead atoms. The Kier molecular flexibility index (Phi) is 4.83. The van der Waals surface area contributed by atoms with Crippen molar-refractivity contribution in [1.82, 2.24) is 0 Å². The van der Waals surface area contributed by atoms with E-state index in [0.29, 0.717) is 0 Å². The van der Waals surface area contributed by atoms with Crippen molar-refractivity contribution < 1.29 is 4.74 Å². The van der Waals surface area contributed by atoms with E-state index in [9.17, 15) is 0 Å². The van der Waals surface area contributed by atoms with Crippen molar-refractivity contribution in [2.75, 3.05) is 7.11 Å². The quantitative estimate of drug-likeness (QED) is 0.685. The van der Waals surface area contributed by atoms with E-state index in [-0.39, 0.29) is 0 Å². The zero-order valence-electron chi connectivity index (χ0n) is 10.9. The van der Waals surface area contributed by atoms with Crippen LogP contribution in [0.5, 0.6) is 5.75 Å². The predicted molar refractivity (Wildman–Crippen MR) is 76.1 cm³/mol. The van der Waals surface area contributed by atoms with Crippen LogP contribution in [0.15, 0.2) is 54.6 Å². The Labute approximate surface area is 109 Å². The first-order valence-electron chi connectivity index (χ1n) is 6.56. The summed E-state index contributed by atoms with van der Waals surface area (Å²) in [5.74, 6) is 1.01. The van der Waals surface area contributed by atoms with Gasteiger partial charge in [0.25, 0.3) is 0 Å². The maximum absolute atomic E-state index is 5.36. The molecular formula is C17H20O. The second kappa shape index (κ2) is 6.85. The normalized spacial score (nSPS) is 10.3. The van der Waals surface area contributed by atoms with Crippen LogP contribution in [-0.2, 0) is 12.8 Å². The van der Waals surface area contributed by atoms with Crippen molar-refractivity contribution in [3.05, 3.63) is 65.7 Å². The monoisotopic (exact) mass is 240 g/mol. The molecular weight excluding hydrogens is 220 g/mol. The van der Waals surface area contributed by atoms with Gasteiger partial charge in [-0.3, -0.25) is 0 Å². The van der Waals surface area contributed by atoms with Gasteiger partial charge in [0.15, 0.2) is 0 Å². The average molecular weight is 240 g/mol. The Bertz CT molecular complexity index is 462. The van der Waals surface area contributed by atoms with Gasteiger partial charge in [-0.25, -0.2) is 0 Å².